The molecule has 8 aromatic rings. The molecule has 178 valence electrons. The van der Waals surface area contributed by atoms with E-state index in [0.717, 1.165) is 0 Å². The SMILES string of the molecule is Cc1cc(-c2cccc(-c3ccc4c5ccccc5c5ccccc5c4c3)c2)c2sc3ccccc3c2c1. The Balaban J connectivity index is 1.35. The van der Waals surface area contributed by atoms with Gasteiger partial charge in [0.25, 0.3) is 0 Å². The van der Waals surface area contributed by atoms with Gasteiger partial charge in [0, 0.05) is 20.2 Å². The number of hydrogen-bond donors (Lipinski definition) is 0. The Hall–Kier alpha value is -4.46. The van der Waals surface area contributed by atoms with E-state index in [-0.39, 0.29) is 0 Å². The Morgan fingerprint density at radius 2 is 0.974 bits per heavy atom. The summed E-state index contributed by atoms with van der Waals surface area (Å²) in [5.41, 5.74) is 6.38. The lowest BCUT2D eigenvalue weighted by atomic mass is 9.91. The number of benzene rings is 7. The van der Waals surface area contributed by atoms with Crippen LogP contribution in [0.3, 0.4) is 0 Å². The summed E-state index contributed by atoms with van der Waals surface area (Å²) in [6.45, 7) is 2.21. The van der Waals surface area contributed by atoms with E-state index in [4.69, 9.17) is 0 Å². The van der Waals surface area contributed by atoms with Crippen molar-refractivity contribution in [2.75, 3.05) is 0 Å². The highest BCUT2D eigenvalue weighted by Gasteiger charge is 2.13. The van der Waals surface area contributed by atoms with E-state index in [1.807, 2.05) is 11.3 Å². The minimum atomic E-state index is 1.25. The molecule has 0 aliphatic carbocycles. The van der Waals surface area contributed by atoms with Crippen molar-refractivity contribution in [2.45, 2.75) is 6.92 Å². The van der Waals surface area contributed by atoms with Gasteiger partial charge in [-0.15, -0.1) is 11.3 Å². The smallest absolute Gasteiger partial charge is 0.0434 e. The normalized spacial score (nSPS) is 11.8. The third-order valence-electron chi connectivity index (χ3n) is 7.87. The van der Waals surface area contributed by atoms with Crippen LogP contribution in [0.2, 0.25) is 0 Å². The quantitative estimate of drug-likeness (QED) is 0.207. The maximum atomic E-state index is 2.38. The van der Waals surface area contributed by atoms with Crippen molar-refractivity contribution in [3.8, 4) is 22.3 Å². The van der Waals surface area contributed by atoms with Crippen molar-refractivity contribution in [1.29, 1.82) is 0 Å². The van der Waals surface area contributed by atoms with Gasteiger partial charge < -0.3 is 0 Å². The molecule has 0 bridgehead atoms. The van der Waals surface area contributed by atoms with Gasteiger partial charge in [0.05, 0.1) is 0 Å². The van der Waals surface area contributed by atoms with Crippen LogP contribution >= 0.6 is 11.3 Å². The standard InChI is InChI=1S/C37H24S/c1-23-19-33(37-35(20-23)32-15-6-7-16-36(32)38-37)26-10-8-9-24(21-26)25-17-18-31-29-13-3-2-11-27(29)28-12-4-5-14-30(28)34(31)22-25/h2-22H,1H3. The first-order valence-corrected chi connectivity index (χ1v) is 13.9. The average Bonchev–Trinajstić information content (AvgIpc) is 3.35. The van der Waals surface area contributed by atoms with Crippen LogP contribution in [0, 0.1) is 6.92 Å². The summed E-state index contributed by atoms with van der Waals surface area (Å²) in [6, 6.07) is 47.1. The van der Waals surface area contributed by atoms with E-state index >= 15 is 0 Å². The zero-order valence-corrected chi connectivity index (χ0v) is 21.8. The van der Waals surface area contributed by atoms with Crippen molar-refractivity contribution in [1.82, 2.24) is 0 Å². The second-order valence-corrected chi connectivity index (χ2v) is 11.3. The van der Waals surface area contributed by atoms with E-state index in [1.165, 1.54) is 80.3 Å². The first kappa shape index (κ1) is 21.6. The molecule has 1 heterocycles. The van der Waals surface area contributed by atoms with Gasteiger partial charge in [-0.1, -0.05) is 97.1 Å². The molecule has 8 rings (SSSR count). The minimum Gasteiger partial charge on any atom is -0.135 e. The molecule has 0 spiro atoms. The van der Waals surface area contributed by atoms with Crippen LogP contribution < -0.4 is 0 Å². The number of thiophene rings is 1. The molecule has 0 aliphatic rings. The van der Waals surface area contributed by atoms with E-state index in [0.29, 0.717) is 0 Å². The van der Waals surface area contributed by atoms with Crippen LogP contribution in [0.15, 0.2) is 127 Å². The van der Waals surface area contributed by atoms with Crippen LogP contribution in [-0.2, 0) is 0 Å². The summed E-state index contributed by atoms with van der Waals surface area (Å²) in [5, 5.41) is 10.6. The first-order chi connectivity index (χ1) is 18.7. The molecule has 0 unspecified atom stereocenters. The lowest BCUT2D eigenvalue weighted by molar-refractivity contribution is 1.51. The van der Waals surface area contributed by atoms with Crippen molar-refractivity contribution in [2.24, 2.45) is 0 Å². The van der Waals surface area contributed by atoms with Crippen molar-refractivity contribution >= 4 is 63.8 Å². The lowest BCUT2D eigenvalue weighted by Gasteiger charge is -2.13. The molecule has 0 N–H and O–H groups in total. The van der Waals surface area contributed by atoms with Crippen molar-refractivity contribution < 1.29 is 0 Å². The molecule has 38 heavy (non-hydrogen) atoms. The predicted molar refractivity (Wildman–Crippen MR) is 167 cm³/mol. The van der Waals surface area contributed by atoms with Gasteiger partial charge in [0.1, 0.15) is 0 Å². The Morgan fingerprint density at radius 3 is 1.71 bits per heavy atom. The summed E-state index contributed by atoms with van der Waals surface area (Å²) in [4.78, 5) is 0. The molecule has 0 atom stereocenters. The van der Waals surface area contributed by atoms with Crippen LogP contribution in [0.5, 0.6) is 0 Å². The number of rotatable bonds is 2. The molecule has 7 aromatic carbocycles. The summed E-state index contributed by atoms with van der Waals surface area (Å²) in [6.07, 6.45) is 0. The predicted octanol–water partition coefficient (Wildman–Crippen LogP) is 11.2. The van der Waals surface area contributed by atoms with Gasteiger partial charge in [-0.3, -0.25) is 0 Å². The van der Waals surface area contributed by atoms with Gasteiger partial charge >= 0.3 is 0 Å². The Morgan fingerprint density at radius 1 is 0.395 bits per heavy atom. The van der Waals surface area contributed by atoms with Crippen LogP contribution in [0.4, 0.5) is 0 Å². The second kappa shape index (κ2) is 8.28. The Labute approximate surface area is 225 Å². The molecule has 1 heteroatoms. The topological polar surface area (TPSA) is 0 Å². The van der Waals surface area contributed by atoms with Crippen LogP contribution in [0.25, 0.3) is 74.7 Å². The fraction of sp³-hybridized carbons (Fsp3) is 0.0270. The molecule has 0 fully saturated rings. The Bertz CT molecular complexity index is 2160. The highest BCUT2D eigenvalue weighted by atomic mass is 32.1. The van der Waals surface area contributed by atoms with Gasteiger partial charge in [0.2, 0.25) is 0 Å². The van der Waals surface area contributed by atoms with Gasteiger partial charge in [-0.25, -0.2) is 0 Å². The summed E-state index contributed by atoms with van der Waals surface area (Å²) in [5.74, 6) is 0. The zero-order chi connectivity index (χ0) is 25.2. The largest absolute Gasteiger partial charge is 0.135 e. The first-order valence-electron chi connectivity index (χ1n) is 13.1. The van der Waals surface area contributed by atoms with E-state index in [2.05, 4.69) is 134 Å². The van der Waals surface area contributed by atoms with Gasteiger partial charge in [-0.2, -0.15) is 0 Å². The monoisotopic (exact) mass is 500 g/mol. The fourth-order valence-electron chi connectivity index (χ4n) is 6.14. The highest BCUT2D eigenvalue weighted by Crippen LogP contribution is 2.42. The number of fused-ring (bicyclic) bond motifs is 9. The molecule has 0 saturated carbocycles. The minimum absolute atomic E-state index is 1.25. The van der Waals surface area contributed by atoms with Crippen LogP contribution in [0.1, 0.15) is 5.56 Å². The maximum absolute atomic E-state index is 2.38. The molecular weight excluding hydrogens is 476 g/mol. The third-order valence-corrected chi connectivity index (χ3v) is 9.09. The van der Waals surface area contributed by atoms with Crippen molar-refractivity contribution in [3.05, 3.63) is 133 Å². The zero-order valence-electron chi connectivity index (χ0n) is 21.0. The maximum Gasteiger partial charge on any atom is 0.0434 e. The van der Waals surface area contributed by atoms with Crippen LogP contribution in [-0.4, -0.2) is 0 Å². The average molecular weight is 501 g/mol. The lowest BCUT2D eigenvalue weighted by Crippen LogP contribution is -1.86. The highest BCUT2D eigenvalue weighted by molar-refractivity contribution is 7.26. The third kappa shape index (κ3) is 3.22. The Kier molecular flexibility index (Phi) is 4.71. The number of hydrogen-bond acceptors (Lipinski definition) is 1. The molecule has 0 aliphatic heterocycles. The molecule has 0 saturated heterocycles. The molecule has 1 aromatic heterocycles. The number of aryl methyl sites for hydroxylation is 1. The van der Waals surface area contributed by atoms with Gasteiger partial charge in [-0.05, 0) is 97.4 Å². The summed E-state index contributed by atoms with van der Waals surface area (Å²) in [7, 11) is 0. The van der Waals surface area contributed by atoms with E-state index in [1.54, 1.807) is 0 Å². The molecule has 0 radical (unpaired) electrons. The molecule has 0 nitrogen and oxygen atoms in total. The fourth-order valence-corrected chi connectivity index (χ4v) is 7.36. The van der Waals surface area contributed by atoms with Crippen molar-refractivity contribution in [3.63, 3.8) is 0 Å². The van der Waals surface area contributed by atoms with E-state index in [9.17, 15) is 0 Å². The summed E-state index contributed by atoms with van der Waals surface area (Å²) >= 11 is 1.90. The molecular formula is C37H24S. The second-order valence-electron chi connectivity index (χ2n) is 10.2. The summed E-state index contributed by atoms with van der Waals surface area (Å²) < 4.78 is 2.71. The van der Waals surface area contributed by atoms with Gasteiger partial charge in [0.15, 0.2) is 0 Å². The van der Waals surface area contributed by atoms with E-state index < -0.39 is 0 Å². The molecule has 0 amide bonds.